The third kappa shape index (κ3) is 4.80. The van der Waals surface area contributed by atoms with Crippen molar-refractivity contribution in [3.8, 4) is 5.75 Å². The van der Waals surface area contributed by atoms with E-state index in [4.69, 9.17) is 14.6 Å². The SMILES string of the molecule is CC1(COc2cccc(C(F)(F)F)c2)CSC(CC(=O)O)C(=O)O1. The predicted molar refractivity (Wildman–Crippen MR) is 79.9 cm³/mol. The second-order valence-electron chi connectivity index (χ2n) is 5.58. The summed E-state index contributed by atoms with van der Waals surface area (Å²) in [5.41, 5.74) is -1.87. The van der Waals surface area contributed by atoms with E-state index in [2.05, 4.69) is 0 Å². The van der Waals surface area contributed by atoms with Crippen molar-refractivity contribution < 1.29 is 37.3 Å². The highest BCUT2D eigenvalue weighted by Gasteiger charge is 2.40. The molecule has 0 aromatic heterocycles. The number of carboxylic acid groups (broad SMARTS) is 1. The molecule has 132 valence electrons. The molecule has 1 aromatic carbocycles. The number of alkyl halides is 3. The third-order valence-electron chi connectivity index (χ3n) is 3.27. The number of esters is 1. The monoisotopic (exact) mass is 364 g/mol. The van der Waals surface area contributed by atoms with Crippen LogP contribution in [-0.4, -0.2) is 40.3 Å². The van der Waals surface area contributed by atoms with E-state index in [1.165, 1.54) is 12.1 Å². The molecule has 0 bridgehead atoms. The van der Waals surface area contributed by atoms with Crippen LogP contribution in [0.2, 0.25) is 0 Å². The molecule has 2 unspecified atom stereocenters. The lowest BCUT2D eigenvalue weighted by Gasteiger charge is -2.35. The number of hydrogen-bond donors (Lipinski definition) is 1. The van der Waals surface area contributed by atoms with Crippen molar-refractivity contribution in [2.24, 2.45) is 0 Å². The minimum Gasteiger partial charge on any atom is -0.489 e. The average Bonchev–Trinajstić information content (AvgIpc) is 2.48. The largest absolute Gasteiger partial charge is 0.489 e. The molecule has 1 saturated heterocycles. The topological polar surface area (TPSA) is 72.8 Å². The van der Waals surface area contributed by atoms with Crippen molar-refractivity contribution >= 4 is 23.7 Å². The second kappa shape index (κ2) is 6.92. The number of thioether (sulfide) groups is 1. The number of rotatable bonds is 5. The molecule has 0 spiro atoms. The van der Waals surface area contributed by atoms with Gasteiger partial charge in [-0.05, 0) is 25.1 Å². The zero-order valence-electron chi connectivity index (χ0n) is 12.6. The van der Waals surface area contributed by atoms with Crippen LogP contribution in [-0.2, 0) is 20.5 Å². The lowest BCUT2D eigenvalue weighted by molar-refractivity contribution is -0.161. The van der Waals surface area contributed by atoms with E-state index in [1.54, 1.807) is 6.92 Å². The van der Waals surface area contributed by atoms with Crippen molar-refractivity contribution in [1.29, 1.82) is 0 Å². The number of hydrogen-bond acceptors (Lipinski definition) is 5. The molecule has 5 nitrogen and oxygen atoms in total. The van der Waals surface area contributed by atoms with Crippen LogP contribution in [0.5, 0.6) is 5.75 Å². The van der Waals surface area contributed by atoms with E-state index >= 15 is 0 Å². The van der Waals surface area contributed by atoms with Crippen LogP contribution in [0, 0.1) is 0 Å². The van der Waals surface area contributed by atoms with Crippen LogP contribution in [0.1, 0.15) is 18.9 Å². The lowest BCUT2D eigenvalue weighted by atomic mass is 10.1. The third-order valence-corrected chi connectivity index (χ3v) is 4.80. The van der Waals surface area contributed by atoms with Crippen LogP contribution in [0.3, 0.4) is 0 Å². The normalized spacial score (nSPS) is 24.3. The first-order valence-corrected chi connectivity index (χ1v) is 8.00. The number of carbonyl (C=O) groups is 2. The van der Waals surface area contributed by atoms with Crippen LogP contribution in [0.25, 0.3) is 0 Å². The predicted octanol–water partition coefficient (Wildman–Crippen LogP) is 2.98. The summed E-state index contributed by atoms with van der Waals surface area (Å²) in [6, 6.07) is 4.41. The average molecular weight is 364 g/mol. The molecule has 0 aliphatic carbocycles. The summed E-state index contributed by atoms with van der Waals surface area (Å²) in [4.78, 5) is 22.5. The molecule has 2 rings (SSSR count). The van der Waals surface area contributed by atoms with Crippen molar-refractivity contribution in [2.75, 3.05) is 12.4 Å². The first kappa shape index (κ1) is 18.4. The number of carboxylic acids is 1. The van der Waals surface area contributed by atoms with Gasteiger partial charge < -0.3 is 14.6 Å². The maximum absolute atomic E-state index is 12.7. The van der Waals surface area contributed by atoms with Crippen LogP contribution < -0.4 is 4.74 Å². The molecule has 1 aliphatic heterocycles. The van der Waals surface area contributed by atoms with Gasteiger partial charge in [0, 0.05) is 5.75 Å². The quantitative estimate of drug-likeness (QED) is 0.810. The van der Waals surface area contributed by atoms with Crippen molar-refractivity contribution in [2.45, 2.75) is 30.4 Å². The summed E-state index contributed by atoms with van der Waals surface area (Å²) >= 11 is 1.13. The Hall–Kier alpha value is -1.90. The fourth-order valence-electron chi connectivity index (χ4n) is 2.05. The van der Waals surface area contributed by atoms with Crippen molar-refractivity contribution in [3.63, 3.8) is 0 Å². The van der Waals surface area contributed by atoms with Gasteiger partial charge >= 0.3 is 18.1 Å². The fourth-order valence-corrected chi connectivity index (χ4v) is 3.19. The van der Waals surface area contributed by atoms with Crippen LogP contribution in [0.4, 0.5) is 13.2 Å². The summed E-state index contributed by atoms with van der Waals surface area (Å²) < 4.78 is 48.6. The molecule has 2 atom stereocenters. The van der Waals surface area contributed by atoms with Crippen LogP contribution >= 0.6 is 11.8 Å². The Kier molecular flexibility index (Phi) is 5.32. The molecule has 1 aliphatic rings. The van der Waals surface area contributed by atoms with Crippen molar-refractivity contribution in [1.82, 2.24) is 0 Å². The van der Waals surface area contributed by atoms with E-state index in [-0.39, 0.29) is 24.5 Å². The van der Waals surface area contributed by atoms with E-state index in [0.717, 1.165) is 23.9 Å². The van der Waals surface area contributed by atoms with Crippen molar-refractivity contribution in [3.05, 3.63) is 29.8 Å². The highest BCUT2D eigenvalue weighted by molar-refractivity contribution is 8.00. The molecule has 1 heterocycles. The number of cyclic esters (lactones) is 1. The first-order valence-electron chi connectivity index (χ1n) is 6.95. The molecule has 9 heteroatoms. The van der Waals surface area contributed by atoms with Gasteiger partial charge in [-0.1, -0.05) is 6.07 Å². The molecular formula is C15H15F3O5S. The van der Waals surface area contributed by atoms with Crippen LogP contribution in [0.15, 0.2) is 24.3 Å². The van der Waals surface area contributed by atoms with Gasteiger partial charge in [-0.2, -0.15) is 13.2 Å². The van der Waals surface area contributed by atoms with Gasteiger partial charge in [-0.3, -0.25) is 9.59 Å². The summed E-state index contributed by atoms with van der Waals surface area (Å²) in [6.07, 6.45) is -4.81. The Morgan fingerprint density at radius 3 is 2.79 bits per heavy atom. The number of aliphatic carboxylic acids is 1. The molecule has 0 amide bonds. The van der Waals surface area contributed by atoms with E-state index in [9.17, 15) is 22.8 Å². The molecule has 0 radical (unpaired) electrons. The minimum atomic E-state index is -4.47. The number of benzene rings is 1. The number of ether oxygens (including phenoxy) is 2. The van der Waals surface area contributed by atoms with Gasteiger partial charge in [0.15, 0.2) is 5.60 Å². The summed E-state index contributed by atoms with van der Waals surface area (Å²) in [5.74, 6) is -1.47. The summed E-state index contributed by atoms with van der Waals surface area (Å²) in [7, 11) is 0. The standard InChI is InChI=1S/C15H15F3O5S/c1-14(8-24-11(6-12(19)20)13(21)23-14)7-22-10-4-2-3-9(5-10)15(16,17)18/h2-5,11H,6-8H2,1H3,(H,19,20). The van der Waals surface area contributed by atoms with E-state index in [1.807, 2.05) is 0 Å². The zero-order chi connectivity index (χ0) is 18.0. The molecule has 24 heavy (non-hydrogen) atoms. The van der Waals surface area contributed by atoms with Gasteiger partial charge in [0.25, 0.3) is 0 Å². The number of halogens is 3. The maximum Gasteiger partial charge on any atom is 0.416 e. The molecule has 0 saturated carbocycles. The zero-order valence-corrected chi connectivity index (χ0v) is 13.4. The Bertz CT molecular complexity index is 634. The molecule has 1 aromatic rings. The molecule has 1 N–H and O–H groups in total. The van der Waals surface area contributed by atoms with E-state index in [0.29, 0.717) is 0 Å². The molecular weight excluding hydrogens is 349 g/mol. The van der Waals surface area contributed by atoms with Gasteiger partial charge in [0.1, 0.15) is 17.6 Å². The lowest BCUT2D eigenvalue weighted by Crippen LogP contribution is -2.47. The Morgan fingerprint density at radius 1 is 1.50 bits per heavy atom. The van der Waals surface area contributed by atoms with Gasteiger partial charge in [0.2, 0.25) is 0 Å². The molecule has 1 fully saturated rings. The fraction of sp³-hybridized carbons (Fsp3) is 0.467. The number of carbonyl (C=O) groups excluding carboxylic acids is 1. The highest BCUT2D eigenvalue weighted by Crippen LogP contribution is 2.33. The van der Waals surface area contributed by atoms with E-state index < -0.39 is 34.5 Å². The van der Waals surface area contributed by atoms with Gasteiger partial charge in [-0.25, -0.2) is 0 Å². The highest BCUT2D eigenvalue weighted by atomic mass is 32.2. The minimum absolute atomic E-state index is 0.0137. The Morgan fingerprint density at radius 2 is 2.21 bits per heavy atom. The first-order chi connectivity index (χ1) is 11.1. The summed E-state index contributed by atoms with van der Waals surface area (Å²) in [6.45, 7) is 1.45. The smallest absolute Gasteiger partial charge is 0.416 e. The maximum atomic E-state index is 12.7. The van der Waals surface area contributed by atoms with Gasteiger partial charge in [-0.15, -0.1) is 11.8 Å². The van der Waals surface area contributed by atoms with Gasteiger partial charge in [0.05, 0.1) is 12.0 Å². The Labute approximate surface area is 140 Å². The second-order valence-corrected chi connectivity index (χ2v) is 6.77. The Balaban J connectivity index is 1.97. The summed E-state index contributed by atoms with van der Waals surface area (Å²) in [5, 5.41) is 7.93.